The van der Waals surface area contributed by atoms with Gasteiger partial charge in [-0.25, -0.2) is 9.18 Å². The van der Waals surface area contributed by atoms with Crippen LogP contribution in [0.1, 0.15) is 15.9 Å². The van der Waals surface area contributed by atoms with Crippen LogP contribution in [0.25, 0.3) is 0 Å². The fraction of sp³-hybridized carbons (Fsp3) is 0.600. The Bertz CT molecular complexity index is 671. The summed E-state index contributed by atoms with van der Waals surface area (Å²) in [6.07, 6.45) is -4.62. The molecule has 19 heavy (non-hydrogen) atoms. The first-order valence-electron chi connectivity index (χ1n) is 6.25. The Kier molecular flexibility index (Phi) is 2.93. The summed E-state index contributed by atoms with van der Waals surface area (Å²) in [6.45, 7) is -1.90. The highest BCUT2D eigenvalue weighted by molar-refractivity contribution is 7.71. The third kappa shape index (κ3) is 2.23. The Morgan fingerprint density at radius 3 is 2.95 bits per heavy atom. The fourth-order valence-electron chi connectivity index (χ4n) is 1.89. The molecule has 1 aromatic rings. The number of halogens is 1. The number of hydrogen-bond donors (Lipinski definition) is 4. The van der Waals surface area contributed by atoms with E-state index in [1.807, 2.05) is 4.98 Å². The van der Waals surface area contributed by atoms with Crippen LogP contribution in [0.2, 0.25) is 0 Å². The van der Waals surface area contributed by atoms with Crippen molar-refractivity contribution in [1.29, 1.82) is 0 Å². The summed E-state index contributed by atoms with van der Waals surface area (Å²) in [4.78, 5) is 13.8. The molecule has 0 bridgehead atoms. The van der Waals surface area contributed by atoms with Crippen LogP contribution < -0.4 is 5.69 Å². The van der Waals surface area contributed by atoms with Gasteiger partial charge in [-0.2, -0.15) is 0 Å². The van der Waals surface area contributed by atoms with E-state index >= 15 is 0 Å². The molecule has 106 valence electrons. The van der Waals surface area contributed by atoms with Crippen LogP contribution in [0, 0.1) is 10.5 Å². The Hall–Kier alpha value is -1.13. The van der Waals surface area contributed by atoms with Crippen molar-refractivity contribution in [2.24, 2.45) is 0 Å². The maximum absolute atomic E-state index is 13.5. The largest absolute Gasteiger partial charge is 0.394 e. The lowest BCUT2D eigenvalue weighted by Crippen LogP contribution is -2.46. The number of H-pyrrole nitrogens is 1. The zero-order valence-electron chi connectivity index (χ0n) is 11.7. The minimum Gasteiger partial charge on any atom is -0.394 e. The molecule has 4 atom stereocenters. The highest BCUT2D eigenvalue weighted by Crippen LogP contribution is 2.37. The summed E-state index contributed by atoms with van der Waals surface area (Å²) in [5.74, 6) is -0.964. The van der Waals surface area contributed by atoms with E-state index in [9.17, 15) is 24.5 Å². The first kappa shape index (κ1) is 11.7. The number of nitrogens with zero attached hydrogens (tertiary/aromatic N) is 1. The molecule has 0 amide bonds. The van der Waals surface area contributed by atoms with Crippen molar-refractivity contribution in [3.63, 3.8) is 0 Å². The van der Waals surface area contributed by atoms with E-state index in [1.54, 1.807) is 0 Å². The first-order chi connectivity index (χ1) is 9.46. The predicted octanol–water partition coefficient (Wildman–Crippen LogP) is -0.953. The molecule has 0 saturated carbocycles. The average Bonchev–Trinajstić information content (AvgIpc) is 2.56. The van der Waals surface area contributed by atoms with Gasteiger partial charge in [0.2, 0.25) is 0 Å². The molecule has 1 aromatic heterocycles. The van der Waals surface area contributed by atoms with Crippen molar-refractivity contribution in [3.8, 4) is 0 Å². The molecular formula is C10H13FN2O5S. The lowest BCUT2D eigenvalue weighted by atomic mass is 9.96. The second-order valence-electron chi connectivity index (χ2n) is 4.35. The minimum atomic E-state index is -2.97. The van der Waals surface area contributed by atoms with Gasteiger partial charge in [0.15, 0.2) is 12.0 Å². The smallest absolute Gasteiger partial charge is 0.328 e. The number of nitrogens with one attached hydrogen (secondary N) is 1. The van der Waals surface area contributed by atoms with Gasteiger partial charge >= 0.3 is 5.69 Å². The third-order valence-electron chi connectivity index (χ3n) is 2.97. The molecule has 0 aromatic carbocycles. The Labute approximate surface area is 114 Å². The van der Waals surface area contributed by atoms with Crippen molar-refractivity contribution >= 4 is 12.2 Å². The van der Waals surface area contributed by atoms with Crippen LogP contribution in [0.4, 0.5) is 4.39 Å². The summed E-state index contributed by atoms with van der Waals surface area (Å²) in [7, 11) is 0. The van der Waals surface area contributed by atoms with Crippen LogP contribution in [0.5, 0.6) is 0 Å². The van der Waals surface area contributed by atoms with Crippen LogP contribution in [-0.4, -0.2) is 49.2 Å². The van der Waals surface area contributed by atoms with Crippen LogP contribution in [0.15, 0.2) is 11.0 Å². The number of aromatic amines is 1. The molecule has 0 spiro atoms. The number of aliphatic hydroxyl groups is 3. The van der Waals surface area contributed by atoms with Crippen molar-refractivity contribution in [1.82, 2.24) is 9.55 Å². The fourth-order valence-corrected chi connectivity index (χ4v) is 2.03. The average molecular weight is 294 g/mol. The molecule has 2 heterocycles. The van der Waals surface area contributed by atoms with Gasteiger partial charge in [-0.15, -0.1) is 0 Å². The maximum Gasteiger partial charge on any atom is 0.328 e. The Morgan fingerprint density at radius 1 is 1.79 bits per heavy atom. The molecule has 1 aliphatic rings. The normalized spacial score (nSPS) is 37.0. The van der Waals surface area contributed by atoms with Crippen LogP contribution in [-0.2, 0) is 4.74 Å². The van der Waals surface area contributed by atoms with Gasteiger partial charge < -0.3 is 20.1 Å². The van der Waals surface area contributed by atoms with E-state index in [4.69, 9.17) is 7.48 Å². The lowest BCUT2D eigenvalue weighted by molar-refractivity contribution is -0.0990. The van der Waals surface area contributed by atoms with Gasteiger partial charge in [-0.1, -0.05) is 12.2 Å². The van der Waals surface area contributed by atoms with Gasteiger partial charge in [-0.3, -0.25) is 9.55 Å². The summed E-state index contributed by atoms with van der Waals surface area (Å²) >= 11 is 4.54. The zero-order chi connectivity index (χ0) is 16.2. The second kappa shape index (κ2) is 4.76. The molecule has 1 fully saturated rings. The summed E-state index contributed by atoms with van der Waals surface area (Å²) in [6, 6.07) is 0. The lowest BCUT2D eigenvalue weighted by Gasteiger charge is -2.27. The van der Waals surface area contributed by atoms with Crippen LogP contribution in [0.3, 0.4) is 0 Å². The number of hydrogen-bond acceptors (Lipinski definition) is 6. The number of aliphatic hydroxyl groups excluding tert-OH is 1. The van der Waals surface area contributed by atoms with E-state index in [-0.39, 0.29) is 0 Å². The monoisotopic (exact) mass is 294 g/mol. The maximum atomic E-state index is 13.5. The van der Waals surface area contributed by atoms with E-state index in [0.717, 1.165) is 6.92 Å². The van der Waals surface area contributed by atoms with Gasteiger partial charge in [0.25, 0.3) is 0 Å². The van der Waals surface area contributed by atoms with E-state index < -0.39 is 46.7 Å². The summed E-state index contributed by atoms with van der Waals surface area (Å²) < 4.78 is 33.0. The standard InChI is InChI=1S/C10H13FN2O5S/c1-10(17)6(15)5(3-14)18-8(10)13-2-4(11)7(19)12-9(13)16/h2,5-6,8,14-15,17H,3H2,1H3,(H,12,16,19)/t5-,6+,8-,10?/m1/s1/i3D2. The van der Waals surface area contributed by atoms with Crippen molar-refractivity contribution in [2.75, 3.05) is 6.56 Å². The second-order valence-corrected chi connectivity index (χ2v) is 4.76. The number of aromatic nitrogens is 2. The predicted molar refractivity (Wildman–Crippen MR) is 63.5 cm³/mol. The quantitative estimate of drug-likeness (QED) is 0.524. The zero-order valence-corrected chi connectivity index (χ0v) is 10.5. The van der Waals surface area contributed by atoms with E-state index in [1.165, 1.54) is 0 Å². The Balaban J connectivity index is 2.53. The molecule has 9 heteroatoms. The number of rotatable bonds is 2. The molecule has 7 nitrogen and oxygen atoms in total. The van der Waals surface area contributed by atoms with Gasteiger partial charge in [0, 0.05) is 0 Å². The van der Waals surface area contributed by atoms with Crippen molar-refractivity contribution in [3.05, 3.63) is 27.1 Å². The summed E-state index contributed by atoms with van der Waals surface area (Å²) in [5.41, 5.74) is -3.06. The van der Waals surface area contributed by atoms with Gasteiger partial charge in [-0.05, 0) is 6.92 Å². The molecule has 0 aliphatic carbocycles. The highest BCUT2D eigenvalue weighted by Gasteiger charge is 2.53. The third-order valence-corrected chi connectivity index (χ3v) is 3.26. The van der Waals surface area contributed by atoms with E-state index in [2.05, 4.69) is 12.2 Å². The SMILES string of the molecule is [2H]C([2H])(O)[C@H]1O[C@@H](n2cc(F)c(=S)[nH]c2=O)C(C)(O)[C@H]1O. The van der Waals surface area contributed by atoms with Crippen molar-refractivity contribution in [2.45, 2.75) is 31.0 Å². The molecule has 1 aliphatic heterocycles. The summed E-state index contributed by atoms with van der Waals surface area (Å²) in [5, 5.41) is 29.4. The first-order valence-corrected chi connectivity index (χ1v) is 5.66. The molecule has 1 unspecified atom stereocenters. The van der Waals surface area contributed by atoms with Crippen molar-refractivity contribution < 1.29 is 27.2 Å². The topological polar surface area (TPSA) is 108 Å². The van der Waals surface area contributed by atoms with Crippen LogP contribution >= 0.6 is 12.2 Å². The molecular weight excluding hydrogens is 279 g/mol. The molecule has 0 radical (unpaired) electrons. The molecule has 4 N–H and O–H groups in total. The Morgan fingerprint density at radius 2 is 2.42 bits per heavy atom. The van der Waals surface area contributed by atoms with Gasteiger partial charge in [0.1, 0.15) is 22.4 Å². The van der Waals surface area contributed by atoms with E-state index in [0.29, 0.717) is 10.8 Å². The molecule has 2 rings (SSSR count). The number of ether oxygens (including phenoxy) is 1. The molecule has 1 saturated heterocycles. The highest BCUT2D eigenvalue weighted by atomic mass is 32.1. The van der Waals surface area contributed by atoms with Gasteiger partial charge in [0.05, 0.1) is 15.5 Å². The minimum absolute atomic E-state index is 0.441.